The molecule has 1 aromatic rings. The predicted molar refractivity (Wildman–Crippen MR) is 89.6 cm³/mol. The van der Waals surface area contributed by atoms with Gasteiger partial charge >= 0.3 is 5.97 Å². The molecule has 1 unspecified atom stereocenters. The Morgan fingerprint density at radius 3 is 1.87 bits per heavy atom. The smallest absolute Gasteiger partial charge is 0.328 e. The normalized spacial score (nSPS) is 14.0. The van der Waals surface area contributed by atoms with Crippen LogP contribution in [0.5, 0.6) is 0 Å². The molecule has 23 heavy (non-hydrogen) atoms. The molecule has 0 saturated carbocycles. The molecular formula is C16H26N2O4S. The molecule has 0 saturated heterocycles. The van der Waals surface area contributed by atoms with Crippen LogP contribution >= 0.6 is 0 Å². The van der Waals surface area contributed by atoms with Crippen molar-refractivity contribution in [2.75, 3.05) is 0 Å². The number of hydrogen-bond acceptors (Lipinski definition) is 6. The Kier molecular flexibility index (Phi) is 5.61. The number of ether oxygens (including phenoxy) is 1. The topological polar surface area (TPSA) is 112 Å². The standard InChI is InChI=1S/C16H26N2O4S/c1-9-7-10(2)12(11(3)8-9)23(20,21)13(14(17)18)15(19)22-16(4,5)6/h7-8,13-14H,17-18H2,1-6H3. The Balaban J connectivity index is 3.46. The molecule has 6 nitrogen and oxygen atoms in total. The van der Waals surface area contributed by atoms with Gasteiger partial charge in [-0.15, -0.1) is 0 Å². The van der Waals surface area contributed by atoms with Crippen molar-refractivity contribution >= 4 is 15.8 Å². The first kappa shape index (κ1) is 19.6. The largest absolute Gasteiger partial charge is 0.459 e. The van der Waals surface area contributed by atoms with Gasteiger partial charge in [0.1, 0.15) is 5.60 Å². The van der Waals surface area contributed by atoms with Crippen molar-refractivity contribution in [2.45, 2.75) is 63.5 Å². The van der Waals surface area contributed by atoms with E-state index >= 15 is 0 Å². The van der Waals surface area contributed by atoms with E-state index in [0.717, 1.165) is 5.56 Å². The summed E-state index contributed by atoms with van der Waals surface area (Å²) in [5.74, 6) is -0.938. The van der Waals surface area contributed by atoms with Crippen LogP contribution in [0.15, 0.2) is 17.0 Å². The zero-order valence-electron chi connectivity index (χ0n) is 14.5. The highest BCUT2D eigenvalue weighted by atomic mass is 32.2. The number of sulfone groups is 1. The number of aryl methyl sites for hydroxylation is 3. The second kappa shape index (κ2) is 6.59. The lowest BCUT2D eigenvalue weighted by atomic mass is 10.1. The van der Waals surface area contributed by atoms with Crippen molar-refractivity contribution in [2.24, 2.45) is 11.5 Å². The van der Waals surface area contributed by atoms with Crippen molar-refractivity contribution in [3.8, 4) is 0 Å². The number of carbonyl (C=O) groups excluding carboxylic acids is 1. The summed E-state index contributed by atoms with van der Waals surface area (Å²) in [4.78, 5) is 12.4. The number of esters is 1. The van der Waals surface area contributed by atoms with Crippen LogP contribution < -0.4 is 11.5 Å². The molecule has 1 rings (SSSR count). The zero-order valence-corrected chi connectivity index (χ0v) is 15.3. The van der Waals surface area contributed by atoms with Crippen LogP contribution in [0.4, 0.5) is 0 Å². The fourth-order valence-corrected chi connectivity index (χ4v) is 4.58. The highest BCUT2D eigenvalue weighted by Crippen LogP contribution is 2.27. The van der Waals surface area contributed by atoms with Gasteiger partial charge in [0.05, 0.1) is 11.1 Å². The molecule has 4 N–H and O–H groups in total. The Morgan fingerprint density at radius 1 is 1.09 bits per heavy atom. The summed E-state index contributed by atoms with van der Waals surface area (Å²) >= 11 is 0. The first-order valence-electron chi connectivity index (χ1n) is 7.33. The average Bonchev–Trinajstić information content (AvgIpc) is 2.21. The summed E-state index contributed by atoms with van der Waals surface area (Å²) in [6, 6.07) is 3.49. The van der Waals surface area contributed by atoms with Gasteiger partial charge in [-0.05, 0) is 52.7 Å². The van der Waals surface area contributed by atoms with Gasteiger partial charge in [0.15, 0.2) is 15.1 Å². The van der Waals surface area contributed by atoms with Gasteiger partial charge in [0, 0.05) is 0 Å². The molecule has 130 valence electrons. The van der Waals surface area contributed by atoms with Gasteiger partial charge in [0.25, 0.3) is 0 Å². The molecule has 0 aliphatic rings. The van der Waals surface area contributed by atoms with Crippen LogP contribution in [0.25, 0.3) is 0 Å². The van der Waals surface area contributed by atoms with Gasteiger partial charge in [-0.2, -0.15) is 0 Å². The number of benzene rings is 1. The van der Waals surface area contributed by atoms with Crippen LogP contribution in [-0.2, 0) is 19.4 Å². The maximum atomic E-state index is 13.0. The number of carbonyl (C=O) groups is 1. The summed E-state index contributed by atoms with van der Waals surface area (Å²) < 4.78 is 31.2. The molecule has 7 heteroatoms. The molecule has 0 radical (unpaired) electrons. The maximum absolute atomic E-state index is 13.0. The monoisotopic (exact) mass is 342 g/mol. The molecule has 1 atom stereocenters. The first-order valence-corrected chi connectivity index (χ1v) is 8.88. The predicted octanol–water partition coefficient (Wildman–Crippen LogP) is 1.34. The van der Waals surface area contributed by atoms with E-state index in [1.165, 1.54) is 0 Å². The average molecular weight is 342 g/mol. The molecule has 1 aromatic carbocycles. The fraction of sp³-hybridized carbons (Fsp3) is 0.562. The minimum absolute atomic E-state index is 0.0832. The van der Waals surface area contributed by atoms with Gasteiger partial charge in [-0.25, -0.2) is 8.42 Å². The Hall–Kier alpha value is -1.44. The summed E-state index contributed by atoms with van der Waals surface area (Å²) in [6.07, 6.45) is -1.38. The molecular weight excluding hydrogens is 316 g/mol. The molecule has 0 spiro atoms. The van der Waals surface area contributed by atoms with Gasteiger partial charge < -0.3 is 16.2 Å². The second-order valence-corrected chi connectivity index (χ2v) is 8.81. The Morgan fingerprint density at radius 2 is 1.52 bits per heavy atom. The Labute approximate surface area is 138 Å². The number of hydrogen-bond donors (Lipinski definition) is 2. The summed E-state index contributed by atoms with van der Waals surface area (Å²) in [6.45, 7) is 10.2. The van der Waals surface area contributed by atoms with Crippen molar-refractivity contribution in [1.29, 1.82) is 0 Å². The van der Waals surface area contributed by atoms with E-state index in [2.05, 4.69) is 0 Å². The molecule has 0 aliphatic carbocycles. The van der Waals surface area contributed by atoms with Crippen molar-refractivity contribution in [1.82, 2.24) is 0 Å². The number of rotatable bonds is 4. The van der Waals surface area contributed by atoms with Crippen LogP contribution in [-0.4, -0.2) is 31.4 Å². The van der Waals surface area contributed by atoms with Crippen LogP contribution in [0, 0.1) is 20.8 Å². The van der Waals surface area contributed by atoms with Crippen molar-refractivity contribution in [3.63, 3.8) is 0 Å². The van der Waals surface area contributed by atoms with Gasteiger partial charge in [0.2, 0.25) is 0 Å². The Bertz CT molecular complexity index is 680. The number of nitrogens with two attached hydrogens (primary N) is 2. The van der Waals surface area contributed by atoms with E-state index in [4.69, 9.17) is 16.2 Å². The van der Waals surface area contributed by atoms with E-state index in [9.17, 15) is 13.2 Å². The molecule has 0 aliphatic heterocycles. The lowest BCUT2D eigenvalue weighted by molar-refractivity contribution is -0.154. The molecule has 0 heterocycles. The third kappa shape index (κ3) is 4.53. The van der Waals surface area contributed by atoms with Crippen molar-refractivity contribution in [3.05, 3.63) is 28.8 Å². The molecule has 0 fully saturated rings. The minimum atomic E-state index is -4.07. The SMILES string of the molecule is Cc1cc(C)c(S(=O)(=O)C(C(=O)OC(C)(C)C)C(N)N)c(C)c1. The summed E-state index contributed by atoms with van der Waals surface area (Å²) in [5.41, 5.74) is 12.4. The minimum Gasteiger partial charge on any atom is -0.459 e. The van der Waals surface area contributed by atoms with E-state index in [1.807, 2.05) is 6.92 Å². The molecule has 0 bridgehead atoms. The van der Waals surface area contributed by atoms with Crippen LogP contribution in [0.1, 0.15) is 37.5 Å². The fourth-order valence-electron chi connectivity index (χ4n) is 2.59. The maximum Gasteiger partial charge on any atom is 0.328 e. The lowest BCUT2D eigenvalue weighted by Crippen LogP contribution is -2.53. The zero-order chi connectivity index (χ0) is 18.2. The second-order valence-electron chi connectivity index (χ2n) is 6.80. The first-order chi connectivity index (χ1) is 10.3. The summed E-state index contributed by atoms with van der Waals surface area (Å²) in [7, 11) is -4.07. The van der Waals surface area contributed by atoms with Crippen LogP contribution in [0.3, 0.4) is 0 Å². The lowest BCUT2D eigenvalue weighted by Gasteiger charge is -2.26. The highest BCUT2D eigenvalue weighted by Gasteiger charge is 2.41. The van der Waals surface area contributed by atoms with Gasteiger partial charge in [-0.1, -0.05) is 17.7 Å². The van der Waals surface area contributed by atoms with E-state index in [0.29, 0.717) is 11.1 Å². The van der Waals surface area contributed by atoms with Gasteiger partial charge in [-0.3, -0.25) is 4.79 Å². The van der Waals surface area contributed by atoms with E-state index < -0.39 is 32.8 Å². The highest BCUT2D eigenvalue weighted by molar-refractivity contribution is 7.93. The molecule has 0 amide bonds. The third-order valence-electron chi connectivity index (χ3n) is 3.21. The third-order valence-corrected chi connectivity index (χ3v) is 5.60. The van der Waals surface area contributed by atoms with Crippen LogP contribution in [0.2, 0.25) is 0 Å². The van der Waals surface area contributed by atoms with E-state index in [-0.39, 0.29) is 4.90 Å². The van der Waals surface area contributed by atoms with E-state index in [1.54, 1.807) is 46.8 Å². The quantitative estimate of drug-likeness (QED) is 0.631. The molecule has 0 aromatic heterocycles. The van der Waals surface area contributed by atoms with Crippen molar-refractivity contribution < 1.29 is 17.9 Å². The summed E-state index contributed by atoms with van der Waals surface area (Å²) in [5, 5.41) is -1.65.